The quantitative estimate of drug-likeness (QED) is 0.491. The predicted molar refractivity (Wildman–Crippen MR) is 115 cm³/mol. The Hall–Kier alpha value is -1.96. The molecule has 2 aromatic rings. The molecule has 0 spiro atoms. The maximum Gasteiger partial charge on any atom is 0.293 e. The van der Waals surface area contributed by atoms with Gasteiger partial charge in [0, 0.05) is 9.50 Å². The molecule has 0 radical (unpaired) electrons. The van der Waals surface area contributed by atoms with Crippen LogP contribution in [0.4, 0.5) is 4.79 Å². The Kier molecular flexibility index (Phi) is 6.69. The van der Waals surface area contributed by atoms with E-state index in [4.69, 9.17) is 21.1 Å². The van der Waals surface area contributed by atoms with E-state index >= 15 is 0 Å². The van der Waals surface area contributed by atoms with E-state index < -0.39 is 0 Å². The molecule has 0 aliphatic carbocycles. The average Bonchev–Trinajstić information content (AvgIpc) is 2.93. The first-order chi connectivity index (χ1) is 13.4. The number of ether oxygens (including phenoxy) is 2. The third kappa shape index (κ3) is 4.54. The van der Waals surface area contributed by atoms with Crippen molar-refractivity contribution in [1.82, 2.24) is 4.90 Å². The number of hydrogen-bond acceptors (Lipinski definition) is 5. The van der Waals surface area contributed by atoms with Crippen LogP contribution >= 0.6 is 39.3 Å². The van der Waals surface area contributed by atoms with Gasteiger partial charge in [0.05, 0.1) is 25.2 Å². The van der Waals surface area contributed by atoms with Crippen molar-refractivity contribution in [2.45, 2.75) is 13.5 Å². The summed E-state index contributed by atoms with van der Waals surface area (Å²) < 4.78 is 11.6. The van der Waals surface area contributed by atoms with E-state index in [1.807, 2.05) is 6.92 Å². The van der Waals surface area contributed by atoms with Gasteiger partial charge in [-0.15, -0.1) is 0 Å². The lowest BCUT2D eigenvalue weighted by Crippen LogP contribution is -2.27. The summed E-state index contributed by atoms with van der Waals surface area (Å²) in [6, 6.07) is 10.6. The predicted octanol–water partition coefficient (Wildman–Crippen LogP) is 5.75. The molecule has 2 amide bonds. The maximum atomic E-state index is 12.8. The van der Waals surface area contributed by atoms with Crippen LogP contribution in [0.1, 0.15) is 18.1 Å². The van der Waals surface area contributed by atoms with Gasteiger partial charge in [0.2, 0.25) is 0 Å². The van der Waals surface area contributed by atoms with E-state index in [0.29, 0.717) is 28.0 Å². The number of nitrogens with zero attached hydrogens (tertiary/aromatic N) is 1. The van der Waals surface area contributed by atoms with E-state index in [0.717, 1.165) is 27.4 Å². The molecular formula is C20H17BrClNO4S. The minimum absolute atomic E-state index is 0.202. The zero-order chi connectivity index (χ0) is 20.3. The molecule has 0 N–H and O–H groups in total. The molecule has 1 aliphatic heterocycles. The van der Waals surface area contributed by atoms with E-state index in [2.05, 4.69) is 15.9 Å². The van der Waals surface area contributed by atoms with Crippen molar-refractivity contribution < 1.29 is 19.1 Å². The molecule has 1 saturated heterocycles. The first kappa shape index (κ1) is 20.8. The molecule has 3 rings (SSSR count). The molecule has 8 heteroatoms. The van der Waals surface area contributed by atoms with Crippen LogP contribution in [-0.4, -0.2) is 29.8 Å². The number of methoxy groups -OCH3 is 1. The van der Waals surface area contributed by atoms with Gasteiger partial charge in [-0.05, 0) is 60.2 Å². The molecule has 0 bridgehead atoms. The molecule has 5 nitrogen and oxygen atoms in total. The molecular weight excluding hydrogens is 466 g/mol. The van der Waals surface area contributed by atoms with Crippen LogP contribution < -0.4 is 9.47 Å². The van der Waals surface area contributed by atoms with Crippen molar-refractivity contribution in [3.05, 3.63) is 61.9 Å². The van der Waals surface area contributed by atoms with Gasteiger partial charge in [0.15, 0.2) is 11.5 Å². The fourth-order valence-electron chi connectivity index (χ4n) is 2.64. The zero-order valence-electron chi connectivity index (χ0n) is 15.2. The van der Waals surface area contributed by atoms with Crippen molar-refractivity contribution in [2.24, 2.45) is 0 Å². The first-order valence-corrected chi connectivity index (χ1v) is 10.4. The second-order valence-corrected chi connectivity index (χ2v) is 8.14. The second kappa shape index (κ2) is 9.03. The molecule has 2 aromatic carbocycles. The smallest absolute Gasteiger partial charge is 0.293 e. The molecule has 146 valence electrons. The fourth-order valence-corrected chi connectivity index (χ4v) is 4.03. The van der Waals surface area contributed by atoms with Crippen molar-refractivity contribution in [3.63, 3.8) is 0 Å². The molecule has 0 aromatic heterocycles. The molecule has 0 saturated carbocycles. The van der Waals surface area contributed by atoms with Gasteiger partial charge < -0.3 is 9.47 Å². The normalized spacial score (nSPS) is 15.4. The Balaban J connectivity index is 1.87. The Bertz CT molecular complexity index is 946. The van der Waals surface area contributed by atoms with Crippen molar-refractivity contribution in [3.8, 4) is 11.5 Å². The van der Waals surface area contributed by atoms with E-state index in [9.17, 15) is 9.59 Å². The minimum Gasteiger partial charge on any atom is -0.493 e. The summed E-state index contributed by atoms with van der Waals surface area (Å²) in [5.74, 6) is 0.826. The third-order valence-corrected chi connectivity index (χ3v) is 5.84. The summed E-state index contributed by atoms with van der Waals surface area (Å²) in [6.45, 7) is 2.56. The van der Waals surface area contributed by atoms with Gasteiger partial charge in [0.1, 0.15) is 0 Å². The van der Waals surface area contributed by atoms with Crippen LogP contribution in [0.25, 0.3) is 6.08 Å². The highest BCUT2D eigenvalue weighted by molar-refractivity contribution is 9.10. The lowest BCUT2D eigenvalue weighted by atomic mass is 10.1. The molecule has 1 fully saturated rings. The summed E-state index contributed by atoms with van der Waals surface area (Å²) >= 11 is 10.3. The van der Waals surface area contributed by atoms with Crippen LogP contribution in [0, 0.1) is 0 Å². The van der Waals surface area contributed by atoms with Crippen LogP contribution in [-0.2, 0) is 11.3 Å². The number of amides is 2. The van der Waals surface area contributed by atoms with Gasteiger partial charge in [-0.2, -0.15) is 0 Å². The van der Waals surface area contributed by atoms with Crippen LogP contribution in [0.15, 0.2) is 45.8 Å². The minimum atomic E-state index is -0.328. The van der Waals surface area contributed by atoms with Crippen molar-refractivity contribution >= 4 is 56.5 Å². The molecule has 28 heavy (non-hydrogen) atoms. The van der Waals surface area contributed by atoms with Crippen molar-refractivity contribution in [1.29, 1.82) is 0 Å². The van der Waals surface area contributed by atoms with Gasteiger partial charge in [-0.25, -0.2) is 0 Å². The number of rotatable bonds is 6. The largest absolute Gasteiger partial charge is 0.493 e. The average molecular weight is 483 g/mol. The molecule has 0 atom stereocenters. The lowest BCUT2D eigenvalue weighted by molar-refractivity contribution is -0.123. The van der Waals surface area contributed by atoms with E-state index in [-0.39, 0.29) is 17.7 Å². The number of hydrogen-bond donors (Lipinski definition) is 0. The third-order valence-electron chi connectivity index (χ3n) is 4.00. The van der Waals surface area contributed by atoms with Gasteiger partial charge in [-0.3, -0.25) is 14.5 Å². The van der Waals surface area contributed by atoms with Gasteiger partial charge >= 0.3 is 0 Å². The highest BCUT2D eigenvalue weighted by Crippen LogP contribution is 2.38. The second-order valence-electron chi connectivity index (χ2n) is 5.85. The monoisotopic (exact) mass is 481 g/mol. The van der Waals surface area contributed by atoms with Crippen LogP contribution in [0.5, 0.6) is 11.5 Å². The van der Waals surface area contributed by atoms with Crippen LogP contribution in [0.3, 0.4) is 0 Å². The number of carbonyl (C=O) groups is 2. The topological polar surface area (TPSA) is 55.8 Å². The number of imide groups is 1. The highest BCUT2D eigenvalue weighted by atomic mass is 79.9. The Morgan fingerprint density at radius 2 is 1.89 bits per heavy atom. The van der Waals surface area contributed by atoms with Gasteiger partial charge in [-0.1, -0.05) is 39.7 Å². The fraction of sp³-hybridized carbons (Fsp3) is 0.200. The van der Waals surface area contributed by atoms with Crippen molar-refractivity contribution in [2.75, 3.05) is 13.7 Å². The Morgan fingerprint density at radius 3 is 2.54 bits per heavy atom. The lowest BCUT2D eigenvalue weighted by Gasteiger charge is -2.13. The summed E-state index contributed by atoms with van der Waals surface area (Å²) in [7, 11) is 1.56. The number of carbonyl (C=O) groups excluding carboxylic acids is 2. The van der Waals surface area contributed by atoms with Gasteiger partial charge in [0.25, 0.3) is 11.1 Å². The first-order valence-electron chi connectivity index (χ1n) is 8.43. The summed E-state index contributed by atoms with van der Waals surface area (Å²) in [5, 5.41) is 0.299. The standard InChI is InChI=1S/C20H17BrClNO4S/c1-3-27-17-8-13(15(21)10-16(17)26-2)9-18-19(24)23(20(25)28-18)11-12-4-6-14(22)7-5-12/h4-10H,3,11H2,1-2H3/b18-9+. The number of thioether (sulfide) groups is 1. The zero-order valence-corrected chi connectivity index (χ0v) is 18.4. The van der Waals surface area contributed by atoms with Crippen LogP contribution in [0.2, 0.25) is 5.02 Å². The van der Waals surface area contributed by atoms with E-state index in [1.165, 1.54) is 4.90 Å². The number of halogens is 2. The highest BCUT2D eigenvalue weighted by Gasteiger charge is 2.35. The maximum absolute atomic E-state index is 12.8. The Labute approximate surface area is 180 Å². The SMILES string of the molecule is CCOc1cc(/C=C2/SC(=O)N(Cc3ccc(Cl)cc3)C2=O)c(Br)cc1OC. The summed E-state index contributed by atoms with van der Waals surface area (Å²) in [5.41, 5.74) is 1.55. The van der Waals surface area contributed by atoms with E-state index in [1.54, 1.807) is 49.6 Å². The number of benzene rings is 2. The summed E-state index contributed by atoms with van der Waals surface area (Å²) in [6.07, 6.45) is 1.68. The molecule has 1 aliphatic rings. The Morgan fingerprint density at radius 1 is 1.18 bits per heavy atom. The summed E-state index contributed by atoms with van der Waals surface area (Å²) in [4.78, 5) is 26.7. The molecule has 0 unspecified atom stereocenters. The molecule has 1 heterocycles.